The lowest BCUT2D eigenvalue weighted by Crippen LogP contribution is -2.44. The summed E-state index contributed by atoms with van der Waals surface area (Å²) in [6, 6.07) is 5.89. The maximum Gasteiger partial charge on any atom is 0.326 e. The van der Waals surface area contributed by atoms with E-state index in [2.05, 4.69) is 27.3 Å². The maximum absolute atomic E-state index is 13.6. The quantitative estimate of drug-likeness (QED) is 0.609. The number of benzene rings is 1. The SMILES string of the molecule is CCc1cc(F)cc(C)c1C(=O)NC(CC1CCN(C(C)=O)CC1)C(=O)O.c1cc2c3nc1N3CCC2. The van der Waals surface area contributed by atoms with Crippen molar-refractivity contribution in [2.75, 3.05) is 24.5 Å². The Labute approximate surface area is 216 Å². The normalized spacial score (nSPS) is 16.8. The third-order valence-electron chi connectivity index (χ3n) is 7.52. The van der Waals surface area contributed by atoms with Gasteiger partial charge in [0.05, 0.1) is 0 Å². The van der Waals surface area contributed by atoms with Gasteiger partial charge in [0.2, 0.25) is 5.91 Å². The van der Waals surface area contributed by atoms with Crippen LogP contribution in [0.4, 0.5) is 16.0 Å². The van der Waals surface area contributed by atoms with Gasteiger partial charge in [0, 0.05) is 32.1 Å². The first-order chi connectivity index (χ1) is 17.7. The minimum atomic E-state index is -1.09. The molecule has 0 saturated carbocycles. The fourth-order valence-corrected chi connectivity index (χ4v) is 5.44. The van der Waals surface area contributed by atoms with E-state index in [1.54, 1.807) is 11.8 Å². The van der Waals surface area contributed by atoms with E-state index in [4.69, 9.17) is 0 Å². The summed E-state index contributed by atoms with van der Waals surface area (Å²) >= 11 is 0. The van der Waals surface area contributed by atoms with Gasteiger partial charge in [0.25, 0.3) is 5.91 Å². The molecule has 8 nitrogen and oxygen atoms in total. The summed E-state index contributed by atoms with van der Waals surface area (Å²) in [5, 5.41) is 12.1. The second-order valence-electron chi connectivity index (χ2n) is 10.1. The topological polar surface area (TPSA) is 103 Å². The molecular formula is C28H35FN4O4. The van der Waals surface area contributed by atoms with E-state index in [9.17, 15) is 23.9 Å². The molecule has 0 aliphatic carbocycles. The minimum absolute atomic E-state index is 0.0235. The summed E-state index contributed by atoms with van der Waals surface area (Å²) in [4.78, 5) is 44.2. The first-order valence-electron chi connectivity index (χ1n) is 13.0. The van der Waals surface area contributed by atoms with E-state index in [0.29, 0.717) is 42.6 Å². The van der Waals surface area contributed by atoms with Crippen LogP contribution >= 0.6 is 0 Å². The van der Waals surface area contributed by atoms with E-state index in [1.807, 2.05) is 6.92 Å². The molecule has 1 fully saturated rings. The summed E-state index contributed by atoms with van der Waals surface area (Å²) in [6.45, 7) is 7.39. The van der Waals surface area contributed by atoms with Crippen molar-refractivity contribution in [1.29, 1.82) is 0 Å². The number of fused-ring (bicyclic) bond motifs is 1. The average molecular weight is 511 g/mol. The number of hydrogen-bond donors (Lipinski definition) is 2. The number of aromatic nitrogens is 1. The Morgan fingerprint density at radius 2 is 1.92 bits per heavy atom. The van der Waals surface area contributed by atoms with Crippen molar-refractivity contribution in [2.45, 2.75) is 65.3 Å². The number of aliphatic carboxylic acids is 1. The summed E-state index contributed by atoms with van der Waals surface area (Å²) in [5.74, 6) is 0.570. The minimum Gasteiger partial charge on any atom is -0.480 e. The van der Waals surface area contributed by atoms with Crippen LogP contribution in [-0.2, 0) is 22.4 Å². The van der Waals surface area contributed by atoms with Crippen molar-refractivity contribution >= 4 is 29.4 Å². The van der Waals surface area contributed by atoms with Crippen molar-refractivity contribution in [3.63, 3.8) is 0 Å². The highest BCUT2D eigenvalue weighted by molar-refractivity contribution is 5.99. The third-order valence-corrected chi connectivity index (χ3v) is 7.52. The van der Waals surface area contributed by atoms with Gasteiger partial charge in [0.15, 0.2) is 0 Å². The highest BCUT2D eigenvalue weighted by Gasteiger charge is 2.30. The Morgan fingerprint density at radius 1 is 1.19 bits per heavy atom. The van der Waals surface area contributed by atoms with Crippen molar-refractivity contribution in [1.82, 2.24) is 15.2 Å². The molecule has 4 aliphatic rings. The number of nitrogens with zero attached hydrogens (tertiary/aromatic N) is 3. The number of hydrogen-bond acceptors (Lipinski definition) is 5. The van der Waals surface area contributed by atoms with Crippen LogP contribution in [0.5, 0.6) is 0 Å². The molecule has 0 spiro atoms. The summed E-state index contributed by atoms with van der Waals surface area (Å²) in [5.41, 5.74) is 2.82. The van der Waals surface area contributed by atoms with Crippen LogP contribution in [0, 0.1) is 18.7 Å². The molecule has 37 heavy (non-hydrogen) atoms. The summed E-state index contributed by atoms with van der Waals surface area (Å²) in [6.07, 6.45) is 4.74. The number of carbonyl (C=O) groups excluding carboxylic acids is 2. The molecule has 198 valence electrons. The van der Waals surface area contributed by atoms with Gasteiger partial charge < -0.3 is 20.2 Å². The van der Waals surface area contributed by atoms with Crippen LogP contribution in [0.2, 0.25) is 0 Å². The Kier molecular flexibility index (Phi) is 8.10. The molecule has 1 aromatic carbocycles. The number of amides is 2. The van der Waals surface area contributed by atoms with Gasteiger partial charge >= 0.3 is 5.97 Å². The molecule has 4 aliphatic heterocycles. The van der Waals surface area contributed by atoms with Crippen LogP contribution < -0.4 is 10.2 Å². The number of halogens is 1. The van der Waals surface area contributed by atoms with Gasteiger partial charge in [-0.3, -0.25) is 9.59 Å². The van der Waals surface area contributed by atoms with E-state index < -0.39 is 23.7 Å². The number of carboxylic acids is 1. The predicted molar refractivity (Wildman–Crippen MR) is 139 cm³/mol. The zero-order valence-electron chi connectivity index (χ0n) is 21.7. The first kappa shape index (κ1) is 26.6. The molecular weight excluding hydrogens is 475 g/mol. The molecule has 2 N–H and O–H groups in total. The second-order valence-corrected chi connectivity index (χ2v) is 10.1. The van der Waals surface area contributed by atoms with Gasteiger partial charge in [-0.1, -0.05) is 13.0 Å². The van der Waals surface area contributed by atoms with Crippen molar-refractivity contribution in [3.05, 3.63) is 52.3 Å². The number of pyridine rings is 1. The van der Waals surface area contributed by atoms with E-state index in [1.165, 1.54) is 55.6 Å². The van der Waals surface area contributed by atoms with Crippen molar-refractivity contribution in [2.24, 2.45) is 5.92 Å². The fraction of sp³-hybridized carbons (Fsp3) is 0.500. The van der Waals surface area contributed by atoms with Gasteiger partial charge in [-0.05, 0) is 86.3 Å². The molecule has 2 amide bonds. The molecule has 0 radical (unpaired) electrons. The van der Waals surface area contributed by atoms with Crippen LogP contribution in [0.1, 0.15) is 66.6 Å². The van der Waals surface area contributed by atoms with Gasteiger partial charge in [-0.2, -0.15) is 0 Å². The molecule has 2 aromatic rings. The highest BCUT2D eigenvalue weighted by atomic mass is 19.1. The number of piperidine rings is 1. The van der Waals surface area contributed by atoms with Crippen molar-refractivity contribution in [3.8, 4) is 0 Å². The molecule has 5 heterocycles. The zero-order valence-corrected chi connectivity index (χ0v) is 21.7. The van der Waals surface area contributed by atoms with Gasteiger partial charge in [-0.25, -0.2) is 14.2 Å². The van der Waals surface area contributed by atoms with Crippen LogP contribution in [-0.4, -0.2) is 58.5 Å². The number of aryl methyl sites for hydroxylation is 3. The Bertz CT molecular complexity index is 1180. The molecule has 1 saturated heterocycles. The van der Waals surface area contributed by atoms with E-state index in [0.717, 1.165) is 12.8 Å². The summed E-state index contributed by atoms with van der Waals surface area (Å²) in [7, 11) is 0. The number of nitrogens with one attached hydrogen (secondary N) is 1. The second kappa shape index (κ2) is 11.3. The molecule has 9 heteroatoms. The lowest BCUT2D eigenvalue weighted by atomic mass is 9.89. The molecule has 1 aromatic heterocycles. The van der Waals surface area contributed by atoms with E-state index in [-0.39, 0.29) is 11.8 Å². The number of rotatable bonds is 6. The highest BCUT2D eigenvalue weighted by Crippen LogP contribution is 2.39. The largest absolute Gasteiger partial charge is 0.480 e. The molecule has 1 atom stereocenters. The van der Waals surface area contributed by atoms with E-state index >= 15 is 0 Å². The summed E-state index contributed by atoms with van der Waals surface area (Å²) < 4.78 is 13.6. The van der Waals surface area contributed by atoms with Crippen molar-refractivity contribution < 1.29 is 23.9 Å². The van der Waals surface area contributed by atoms with Gasteiger partial charge in [0.1, 0.15) is 23.5 Å². The Hall–Kier alpha value is -3.49. The zero-order chi connectivity index (χ0) is 26.7. The lowest BCUT2D eigenvalue weighted by molar-refractivity contribution is -0.140. The number of anilines is 2. The monoisotopic (exact) mass is 510 g/mol. The number of carboxylic acid groups (broad SMARTS) is 1. The first-order valence-corrected chi connectivity index (χ1v) is 13.0. The third kappa shape index (κ3) is 5.92. The standard InChI is InChI=1S/C20H27FN2O4.C8H8N2/c1-4-15-11-16(21)9-12(2)18(15)19(25)22-17(20(26)27)10-14-5-7-23(8-6-14)13(3)24;1-2-6-3-4-7-9-8(6)10(7)5-1/h9,11,14,17H,4-8,10H2,1-3H3,(H,22,25)(H,26,27);3-4H,1-2,5H2. The lowest BCUT2D eigenvalue weighted by Gasteiger charge is -2.36. The Balaban J connectivity index is 0.000000260. The molecule has 1 unspecified atom stereocenters. The average Bonchev–Trinajstić information content (AvgIpc) is 2.85. The Morgan fingerprint density at radius 3 is 2.49 bits per heavy atom. The molecule has 6 rings (SSSR count). The van der Waals surface area contributed by atoms with Crippen LogP contribution in [0.25, 0.3) is 0 Å². The smallest absolute Gasteiger partial charge is 0.326 e. The predicted octanol–water partition coefficient (Wildman–Crippen LogP) is 4.01. The maximum atomic E-state index is 13.6. The number of likely N-dealkylation sites (tertiary alicyclic amines) is 1. The van der Waals surface area contributed by atoms with Gasteiger partial charge in [-0.15, -0.1) is 0 Å². The fourth-order valence-electron chi connectivity index (χ4n) is 5.44. The molecule has 4 bridgehead atoms. The van der Waals surface area contributed by atoms with Crippen LogP contribution in [0.15, 0.2) is 24.3 Å². The van der Waals surface area contributed by atoms with Crippen LogP contribution in [0.3, 0.4) is 0 Å². The number of carbonyl (C=O) groups is 3.